The van der Waals surface area contributed by atoms with E-state index in [-0.39, 0.29) is 17.1 Å². The molecule has 3 saturated heterocycles. The molecule has 3 aromatic rings. The molecule has 2 unspecified atom stereocenters. The summed E-state index contributed by atoms with van der Waals surface area (Å²) in [6.45, 7) is 3.52. The smallest absolute Gasteiger partial charge is 0.319 e. The monoisotopic (exact) mass is 531 g/mol. The molecule has 0 amide bonds. The third-order valence-electron chi connectivity index (χ3n) is 10.0. The number of aromatic nitrogens is 3. The Hall–Kier alpha value is -2.87. The van der Waals surface area contributed by atoms with E-state index in [1.165, 1.54) is 19.3 Å². The third kappa shape index (κ3) is 4.09. The molecule has 0 spiro atoms. The van der Waals surface area contributed by atoms with Gasteiger partial charge in [-0.05, 0) is 74.8 Å². The maximum absolute atomic E-state index is 16.4. The molecule has 1 aromatic carbocycles. The first-order valence-electron chi connectivity index (χ1n) is 14.8. The maximum atomic E-state index is 16.4. The molecule has 5 aliphatic rings. The van der Waals surface area contributed by atoms with Crippen LogP contribution in [0.3, 0.4) is 0 Å². The Morgan fingerprint density at radius 3 is 2.67 bits per heavy atom. The van der Waals surface area contributed by atoms with Crippen LogP contribution in [0.4, 0.5) is 14.6 Å². The molecular weight excluding hydrogens is 496 g/mol. The van der Waals surface area contributed by atoms with Gasteiger partial charge in [0.1, 0.15) is 29.8 Å². The molecule has 2 bridgehead atoms. The molecule has 6 nitrogen and oxygen atoms in total. The zero-order valence-electron chi connectivity index (χ0n) is 22.3. The van der Waals surface area contributed by atoms with Gasteiger partial charge >= 0.3 is 6.01 Å². The lowest BCUT2D eigenvalue weighted by molar-refractivity contribution is 0.107. The van der Waals surface area contributed by atoms with Crippen molar-refractivity contribution < 1.29 is 13.5 Å². The zero-order chi connectivity index (χ0) is 26.1. The summed E-state index contributed by atoms with van der Waals surface area (Å²) >= 11 is 0. The number of alkyl halides is 1. The van der Waals surface area contributed by atoms with E-state index in [4.69, 9.17) is 9.72 Å². The second-order valence-corrected chi connectivity index (χ2v) is 12.7. The van der Waals surface area contributed by atoms with Crippen molar-refractivity contribution >= 4 is 16.7 Å². The topological polar surface area (TPSA) is 54.4 Å². The number of halogens is 2. The number of rotatable bonds is 6. The van der Waals surface area contributed by atoms with Gasteiger partial charge in [-0.2, -0.15) is 9.97 Å². The standard InChI is InChI=1S/C31H35F2N5O/c32-22-13-31(10-3-11-38(31)17-22)18-39-30-35-28-25(29(36-30)37-15-19-6-7-20(12-19)16-37)14-34-27(26(28)33)24-5-2-1-4-23(24)21-8-9-21/h1-2,4-5,14,19-22H,3,6-13,15-18H2/t19?,20?,22-,31+/m1/s1. The first-order valence-corrected chi connectivity index (χ1v) is 14.8. The molecule has 204 valence electrons. The van der Waals surface area contributed by atoms with Crippen LogP contribution in [-0.2, 0) is 0 Å². The average molecular weight is 532 g/mol. The highest BCUT2D eigenvalue weighted by Gasteiger charge is 2.49. The molecule has 2 aliphatic carbocycles. The van der Waals surface area contributed by atoms with Crippen molar-refractivity contribution in [3.8, 4) is 17.3 Å². The third-order valence-corrected chi connectivity index (χ3v) is 10.0. The fourth-order valence-electron chi connectivity index (χ4n) is 8.01. The van der Waals surface area contributed by atoms with Gasteiger partial charge in [0.25, 0.3) is 0 Å². The van der Waals surface area contributed by atoms with E-state index in [0.29, 0.717) is 48.4 Å². The predicted molar refractivity (Wildman–Crippen MR) is 146 cm³/mol. The van der Waals surface area contributed by atoms with Crippen LogP contribution < -0.4 is 9.64 Å². The highest BCUT2D eigenvalue weighted by atomic mass is 19.1. The fraction of sp³-hybridized carbons (Fsp3) is 0.581. The predicted octanol–water partition coefficient (Wildman–Crippen LogP) is 5.90. The maximum Gasteiger partial charge on any atom is 0.319 e. The number of nitrogens with zero attached hydrogens (tertiary/aromatic N) is 5. The molecule has 0 radical (unpaired) electrons. The number of fused-ring (bicyclic) bond motifs is 4. The normalized spacial score (nSPS) is 30.3. The van der Waals surface area contributed by atoms with Crippen LogP contribution in [0.25, 0.3) is 22.2 Å². The highest BCUT2D eigenvalue weighted by Crippen LogP contribution is 2.46. The van der Waals surface area contributed by atoms with Gasteiger partial charge in [0.05, 0.1) is 10.9 Å². The average Bonchev–Trinajstić information content (AvgIpc) is 3.54. The second-order valence-electron chi connectivity index (χ2n) is 12.7. The van der Waals surface area contributed by atoms with Crippen LogP contribution in [0.5, 0.6) is 6.01 Å². The SMILES string of the molecule is Fc1c(-c2ccccc2C2CC2)ncc2c(N3CC4CCC(C4)C3)nc(OC[C@@]34CCCN3C[C@H](F)C4)nc12. The number of anilines is 1. The van der Waals surface area contributed by atoms with E-state index >= 15 is 4.39 Å². The molecular formula is C31H35F2N5O. The minimum absolute atomic E-state index is 0.186. The van der Waals surface area contributed by atoms with Crippen molar-refractivity contribution in [2.75, 3.05) is 37.7 Å². The summed E-state index contributed by atoms with van der Waals surface area (Å²) in [6.07, 6.45) is 9.36. The zero-order valence-corrected chi connectivity index (χ0v) is 22.3. The van der Waals surface area contributed by atoms with Gasteiger partial charge in [0.2, 0.25) is 0 Å². The summed E-state index contributed by atoms with van der Waals surface area (Å²) in [5.74, 6) is 2.06. The Morgan fingerprint density at radius 1 is 1.03 bits per heavy atom. The van der Waals surface area contributed by atoms with Crippen LogP contribution >= 0.6 is 0 Å². The van der Waals surface area contributed by atoms with E-state index < -0.39 is 12.0 Å². The van der Waals surface area contributed by atoms with Gasteiger partial charge in [0, 0.05) is 37.8 Å². The molecule has 5 heterocycles. The molecule has 8 rings (SSSR count). The molecule has 4 atom stereocenters. The second kappa shape index (κ2) is 9.08. The number of benzene rings is 1. The Bertz CT molecular complexity index is 1420. The Balaban J connectivity index is 1.21. The van der Waals surface area contributed by atoms with Crippen LogP contribution in [0, 0.1) is 17.7 Å². The van der Waals surface area contributed by atoms with Crippen molar-refractivity contribution in [2.45, 2.75) is 69.0 Å². The molecule has 39 heavy (non-hydrogen) atoms. The molecule has 3 aliphatic heterocycles. The Labute approximate surface area is 227 Å². The van der Waals surface area contributed by atoms with E-state index in [2.05, 4.69) is 25.8 Å². The van der Waals surface area contributed by atoms with Gasteiger partial charge in [0.15, 0.2) is 5.82 Å². The minimum atomic E-state index is -0.830. The first kappa shape index (κ1) is 24.0. The van der Waals surface area contributed by atoms with Crippen molar-refractivity contribution in [1.82, 2.24) is 19.9 Å². The van der Waals surface area contributed by atoms with Gasteiger partial charge in [-0.15, -0.1) is 0 Å². The lowest BCUT2D eigenvalue weighted by Crippen LogP contribution is -2.43. The van der Waals surface area contributed by atoms with E-state index in [1.807, 2.05) is 18.2 Å². The van der Waals surface area contributed by atoms with Crippen LogP contribution in [0.2, 0.25) is 0 Å². The minimum Gasteiger partial charge on any atom is -0.461 e. The summed E-state index contributed by atoms with van der Waals surface area (Å²) in [6, 6.07) is 8.21. The van der Waals surface area contributed by atoms with Crippen molar-refractivity contribution in [1.29, 1.82) is 0 Å². The Morgan fingerprint density at radius 2 is 1.85 bits per heavy atom. The molecule has 5 fully saturated rings. The van der Waals surface area contributed by atoms with Gasteiger partial charge in [-0.3, -0.25) is 9.88 Å². The molecule has 2 aromatic heterocycles. The van der Waals surface area contributed by atoms with Crippen molar-refractivity contribution in [3.05, 3.63) is 41.8 Å². The van der Waals surface area contributed by atoms with E-state index in [9.17, 15) is 4.39 Å². The van der Waals surface area contributed by atoms with Gasteiger partial charge in [-0.1, -0.05) is 24.3 Å². The summed E-state index contributed by atoms with van der Waals surface area (Å²) in [5, 5.41) is 0.638. The van der Waals surface area contributed by atoms with Crippen LogP contribution in [-0.4, -0.2) is 64.3 Å². The number of ether oxygens (including phenoxy) is 1. The number of pyridine rings is 1. The lowest BCUT2D eigenvalue weighted by Gasteiger charge is -2.34. The number of piperidine rings is 1. The van der Waals surface area contributed by atoms with Crippen molar-refractivity contribution in [2.24, 2.45) is 11.8 Å². The summed E-state index contributed by atoms with van der Waals surface area (Å²) in [7, 11) is 0. The summed E-state index contributed by atoms with van der Waals surface area (Å²) in [4.78, 5) is 18.7. The summed E-state index contributed by atoms with van der Waals surface area (Å²) in [5.41, 5.74) is 2.30. The molecule has 2 saturated carbocycles. The van der Waals surface area contributed by atoms with Crippen LogP contribution in [0.1, 0.15) is 62.8 Å². The van der Waals surface area contributed by atoms with Crippen LogP contribution in [0.15, 0.2) is 30.5 Å². The highest BCUT2D eigenvalue weighted by molar-refractivity contribution is 5.92. The largest absolute Gasteiger partial charge is 0.461 e. The van der Waals surface area contributed by atoms with E-state index in [0.717, 1.165) is 62.3 Å². The van der Waals surface area contributed by atoms with Gasteiger partial charge < -0.3 is 9.64 Å². The van der Waals surface area contributed by atoms with Crippen molar-refractivity contribution in [3.63, 3.8) is 0 Å². The summed E-state index contributed by atoms with van der Waals surface area (Å²) < 4.78 is 37.1. The first-order chi connectivity index (χ1) is 19.1. The quantitative estimate of drug-likeness (QED) is 0.395. The van der Waals surface area contributed by atoms with Gasteiger partial charge in [-0.25, -0.2) is 8.78 Å². The molecule has 0 N–H and O–H groups in total. The Kier molecular flexibility index (Phi) is 5.58. The fourth-order valence-corrected chi connectivity index (χ4v) is 8.01. The number of hydrogen-bond acceptors (Lipinski definition) is 6. The van der Waals surface area contributed by atoms with E-state index in [1.54, 1.807) is 6.20 Å². The number of hydrogen-bond donors (Lipinski definition) is 0. The lowest BCUT2D eigenvalue weighted by atomic mass is 9.95. The molecule has 8 heteroatoms.